The minimum absolute atomic E-state index is 0.00746. The smallest absolute Gasteiger partial charge is 0.163 e. The number of benzene rings is 6. The molecule has 0 aliphatic carbocycles. The highest BCUT2D eigenvalue weighted by Gasteiger charge is 2.41. The van der Waals surface area contributed by atoms with Crippen LogP contribution in [-0.4, -0.2) is 55.6 Å². The van der Waals surface area contributed by atoms with E-state index < -0.39 is 5.79 Å². The molecule has 0 aromatic heterocycles. The summed E-state index contributed by atoms with van der Waals surface area (Å²) in [7, 11) is 3.22. The lowest BCUT2D eigenvalue weighted by atomic mass is 9.86. The maximum atomic E-state index is 12.5. The van der Waals surface area contributed by atoms with Crippen LogP contribution >= 0.6 is 0 Å². The zero-order chi connectivity index (χ0) is 35.3. The summed E-state index contributed by atoms with van der Waals surface area (Å²) in [5.74, 6) is 1.76. The Morgan fingerprint density at radius 2 is 1.00 bits per heavy atom. The average molecular weight is 685 g/mol. The van der Waals surface area contributed by atoms with E-state index in [1.54, 1.807) is 14.2 Å². The highest BCUT2D eigenvalue weighted by Crippen LogP contribution is 2.53. The summed E-state index contributed by atoms with van der Waals surface area (Å²) in [6, 6.07) is 30.7. The second kappa shape index (κ2) is 13.0. The summed E-state index contributed by atoms with van der Waals surface area (Å²) in [6.45, 7) is 4.64. The summed E-state index contributed by atoms with van der Waals surface area (Å²) in [6.07, 6.45) is 0.922. The first kappa shape index (κ1) is 32.7. The number of rotatable bonds is 4. The third-order valence-corrected chi connectivity index (χ3v) is 9.84. The van der Waals surface area contributed by atoms with Gasteiger partial charge in [0.1, 0.15) is 34.5 Å². The van der Waals surface area contributed by atoms with Crippen LogP contribution in [0.5, 0.6) is 34.5 Å². The van der Waals surface area contributed by atoms with Crippen LogP contribution in [0.2, 0.25) is 0 Å². The molecular weight excluding hydrogens is 644 g/mol. The van der Waals surface area contributed by atoms with Gasteiger partial charge in [-0.05, 0) is 83.9 Å². The Labute approximate surface area is 296 Å². The zero-order valence-corrected chi connectivity index (χ0v) is 29.1. The fraction of sp³-hybridized carbons (Fsp3) is 0.256. The van der Waals surface area contributed by atoms with Crippen molar-refractivity contribution < 1.29 is 38.6 Å². The first-order chi connectivity index (χ1) is 24.7. The molecule has 0 spiro atoms. The highest BCUT2D eigenvalue weighted by atomic mass is 16.8. The molecule has 2 N–H and O–H groups in total. The Bertz CT molecular complexity index is 2120. The van der Waals surface area contributed by atoms with Crippen LogP contribution in [-0.2, 0) is 9.47 Å². The maximum Gasteiger partial charge on any atom is 0.163 e. The third-order valence-electron chi connectivity index (χ3n) is 9.84. The highest BCUT2D eigenvalue weighted by molar-refractivity contribution is 6.14. The molecule has 0 saturated carbocycles. The SMILES string of the molecule is COc1ccccc1-c1cc2ccc3cc2c(c1O)-c1c(O)c(-c2ccccc2OC)cc2ccc(cc12)OCC[C@H]1OC(C)(C)O[C@@H]1CCO3. The van der Waals surface area contributed by atoms with Crippen molar-refractivity contribution in [3.8, 4) is 67.9 Å². The number of phenols is 2. The van der Waals surface area contributed by atoms with Gasteiger partial charge in [0.05, 0.1) is 39.6 Å². The Hall–Kier alpha value is -5.44. The predicted molar refractivity (Wildman–Crippen MR) is 198 cm³/mol. The molecule has 1 fully saturated rings. The van der Waals surface area contributed by atoms with Gasteiger partial charge in [-0.1, -0.05) is 48.5 Å². The van der Waals surface area contributed by atoms with E-state index in [0.717, 1.165) is 10.8 Å². The standard InChI is InChI=1S/C43H40O8/c1-43(2)50-37-17-19-48-27-15-13-25-21-33(29-9-5-7-11-35(29)46-3)41(44)39(31(25)23-27)40-32-24-28(49-20-18-38(37)51-43)16-14-26(32)22-34(42(40)45)30-10-6-8-12-36(30)47-4/h5-16,21-24,37-38,44-45H,17-20H2,1-4H3/t37-,38-/m1/s1. The monoisotopic (exact) mass is 684 g/mol. The molecule has 2 aliphatic rings. The van der Waals surface area contributed by atoms with Crippen molar-refractivity contribution in [1.29, 1.82) is 0 Å². The van der Waals surface area contributed by atoms with Gasteiger partial charge in [-0.3, -0.25) is 0 Å². The van der Waals surface area contributed by atoms with Crippen LogP contribution in [0.4, 0.5) is 0 Å². The molecule has 6 aromatic rings. The molecule has 0 radical (unpaired) electrons. The molecule has 2 atom stereocenters. The van der Waals surface area contributed by atoms with Crippen LogP contribution in [0.3, 0.4) is 0 Å². The Morgan fingerprint density at radius 3 is 1.43 bits per heavy atom. The van der Waals surface area contributed by atoms with Gasteiger partial charge in [0.2, 0.25) is 0 Å². The lowest BCUT2D eigenvalue weighted by molar-refractivity contribution is -0.147. The van der Waals surface area contributed by atoms with Gasteiger partial charge >= 0.3 is 0 Å². The molecule has 0 amide bonds. The minimum atomic E-state index is -0.707. The molecule has 2 heterocycles. The van der Waals surface area contributed by atoms with E-state index in [9.17, 15) is 10.2 Å². The number of hydrogen-bond acceptors (Lipinski definition) is 8. The Morgan fingerprint density at radius 1 is 0.569 bits per heavy atom. The van der Waals surface area contributed by atoms with E-state index in [2.05, 4.69) is 0 Å². The van der Waals surface area contributed by atoms with Crippen molar-refractivity contribution in [2.75, 3.05) is 27.4 Å². The van der Waals surface area contributed by atoms with Gasteiger partial charge in [0.25, 0.3) is 0 Å². The number of phenolic OH excluding ortho intramolecular Hbond substituents is 2. The van der Waals surface area contributed by atoms with E-state index in [0.29, 0.717) is 93.2 Å². The van der Waals surface area contributed by atoms with Gasteiger partial charge in [-0.2, -0.15) is 0 Å². The molecule has 260 valence electrons. The van der Waals surface area contributed by atoms with Crippen molar-refractivity contribution in [2.24, 2.45) is 0 Å². The fourth-order valence-corrected chi connectivity index (χ4v) is 7.54. The number of hydrogen-bond donors (Lipinski definition) is 2. The summed E-state index contributed by atoms with van der Waals surface area (Å²) < 4.78 is 36.7. The number of methoxy groups -OCH3 is 2. The maximum absolute atomic E-state index is 12.5. The van der Waals surface area contributed by atoms with Gasteiger partial charge in [-0.15, -0.1) is 0 Å². The summed E-state index contributed by atoms with van der Waals surface area (Å²) >= 11 is 0. The second-order valence-corrected chi connectivity index (χ2v) is 13.4. The number of aromatic hydroxyl groups is 2. The third kappa shape index (κ3) is 5.94. The predicted octanol–water partition coefficient (Wildman–Crippen LogP) is 9.49. The molecule has 2 aliphatic heterocycles. The van der Waals surface area contributed by atoms with Crippen LogP contribution in [0.1, 0.15) is 26.7 Å². The molecule has 51 heavy (non-hydrogen) atoms. The lowest BCUT2D eigenvalue weighted by Gasteiger charge is -2.22. The average Bonchev–Trinajstić information content (AvgIpc) is 3.43. The second-order valence-electron chi connectivity index (χ2n) is 13.4. The number of fused-ring (bicyclic) bond motifs is 4. The Balaban J connectivity index is 1.43. The first-order valence-electron chi connectivity index (χ1n) is 17.2. The van der Waals surface area contributed by atoms with Crippen LogP contribution < -0.4 is 18.9 Å². The normalized spacial score (nSPS) is 18.4. The summed E-state index contributed by atoms with van der Waals surface area (Å²) in [5, 5.41) is 28.1. The molecule has 8 heteroatoms. The zero-order valence-electron chi connectivity index (χ0n) is 29.1. The van der Waals surface area contributed by atoms with E-state index in [-0.39, 0.29) is 23.7 Å². The van der Waals surface area contributed by atoms with Crippen molar-refractivity contribution in [3.63, 3.8) is 0 Å². The van der Waals surface area contributed by atoms with E-state index in [1.165, 1.54) is 0 Å². The molecule has 0 unspecified atom stereocenters. The topological polar surface area (TPSA) is 95.8 Å². The van der Waals surface area contributed by atoms with Gasteiger partial charge < -0.3 is 38.6 Å². The van der Waals surface area contributed by atoms with E-state index >= 15 is 0 Å². The minimum Gasteiger partial charge on any atom is -0.507 e. The Kier molecular flexibility index (Phi) is 8.37. The molecule has 6 aromatic carbocycles. The van der Waals surface area contributed by atoms with Crippen molar-refractivity contribution in [3.05, 3.63) is 97.1 Å². The number of ether oxygens (including phenoxy) is 6. The molecule has 1 saturated heterocycles. The molecule has 8 rings (SSSR count). The fourth-order valence-electron chi connectivity index (χ4n) is 7.54. The number of para-hydroxylation sites is 2. The van der Waals surface area contributed by atoms with E-state index in [4.69, 9.17) is 28.4 Å². The van der Waals surface area contributed by atoms with Crippen molar-refractivity contribution >= 4 is 21.5 Å². The van der Waals surface area contributed by atoms with Crippen LogP contribution in [0.15, 0.2) is 97.1 Å². The van der Waals surface area contributed by atoms with Gasteiger partial charge in [0.15, 0.2) is 5.79 Å². The first-order valence-corrected chi connectivity index (χ1v) is 17.2. The van der Waals surface area contributed by atoms with E-state index in [1.807, 2.05) is 111 Å². The molecule has 8 nitrogen and oxygen atoms in total. The van der Waals surface area contributed by atoms with Gasteiger partial charge in [-0.25, -0.2) is 0 Å². The largest absolute Gasteiger partial charge is 0.507 e. The molecule has 4 bridgehead atoms. The summed E-state index contributed by atoms with van der Waals surface area (Å²) in [5.41, 5.74) is 3.47. The van der Waals surface area contributed by atoms with Crippen molar-refractivity contribution in [2.45, 2.75) is 44.7 Å². The lowest BCUT2D eigenvalue weighted by Crippen LogP contribution is -2.26. The quantitative estimate of drug-likeness (QED) is 0.190. The van der Waals surface area contributed by atoms with Crippen molar-refractivity contribution in [1.82, 2.24) is 0 Å². The van der Waals surface area contributed by atoms with Crippen LogP contribution in [0, 0.1) is 0 Å². The van der Waals surface area contributed by atoms with Crippen LogP contribution in [0.25, 0.3) is 54.9 Å². The van der Waals surface area contributed by atoms with Gasteiger partial charge in [0, 0.05) is 46.2 Å². The molecular formula is C43H40O8. The summed E-state index contributed by atoms with van der Waals surface area (Å²) in [4.78, 5) is 0.